The highest BCUT2D eigenvalue weighted by atomic mass is 19.4. The molecule has 6 heteroatoms. The normalized spacial score (nSPS) is 18.8. The molecule has 2 atom stereocenters. The number of alkyl halides is 3. The van der Waals surface area contributed by atoms with Crippen molar-refractivity contribution in [3.63, 3.8) is 0 Å². The van der Waals surface area contributed by atoms with Crippen molar-refractivity contribution in [2.24, 2.45) is 0 Å². The van der Waals surface area contributed by atoms with E-state index in [0.29, 0.717) is 5.56 Å². The molecule has 2 aromatic rings. The van der Waals surface area contributed by atoms with E-state index in [1.807, 2.05) is 13.0 Å². The summed E-state index contributed by atoms with van der Waals surface area (Å²) in [5.74, 6) is -0.165. The van der Waals surface area contributed by atoms with Gasteiger partial charge in [-0.05, 0) is 43.9 Å². The first kappa shape index (κ1) is 16.8. The maximum atomic E-state index is 12.6. The lowest BCUT2D eigenvalue weighted by Gasteiger charge is -2.29. The molecule has 24 heavy (non-hydrogen) atoms. The fourth-order valence-corrected chi connectivity index (χ4v) is 3.22. The van der Waals surface area contributed by atoms with Crippen molar-refractivity contribution >= 4 is 0 Å². The number of nitrogens with one attached hydrogen (secondary N) is 1. The van der Waals surface area contributed by atoms with Crippen LogP contribution >= 0.6 is 0 Å². The zero-order chi connectivity index (χ0) is 17.2. The standard InChI is InChI=1S/C18H19F3N2O/c1-12(14-8-2-3-10-16(14)24-18(19,20)21)23-15-9-4-6-13-7-5-11-22-17(13)15/h2-3,5,7-8,10-12,15,23H,4,6,9H2,1H3/t12?,15-/m0/s1. The van der Waals surface area contributed by atoms with Gasteiger partial charge in [0.05, 0.1) is 11.7 Å². The predicted octanol–water partition coefficient (Wildman–Crippen LogP) is 4.71. The molecule has 1 unspecified atom stereocenters. The summed E-state index contributed by atoms with van der Waals surface area (Å²) >= 11 is 0. The van der Waals surface area contributed by atoms with Gasteiger partial charge in [-0.2, -0.15) is 0 Å². The van der Waals surface area contributed by atoms with Gasteiger partial charge >= 0.3 is 6.36 Å². The molecule has 1 aromatic heterocycles. The van der Waals surface area contributed by atoms with Gasteiger partial charge in [0.1, 0.15) is 5.75 Å². The lowest BCUT2D eigenvalue weighted by molar-refractivity contribution is -0.275. The zero-order valence-electron chi connectivity index (χ0n) is 13.3. The second-order valence-corrected chi connectivity index (χ2v) is 5.97. The first-order valence-electron chi connectivity index (χ1n) is 7.98. The number of aromatic nitrogens is 1. The molecule has 0 fully saturated rings. The van der Waals surface area contributed by atoms with E-state index >= 15 is 0 Å². The topological polar surface area (TPSA) is 34.2 Å². The van der Waals surface area contributed by atoms with Crippen molar-refractivity contribution in [1.82, 2.24) is 10.3 Å². The molecule has 0 amide bonds. The van der Waals surface area contributed by atoms with Gasteiger partial charge in [-0.3, -0.25) is 4.98 Å². The molecule has 1 heterocycles. The summed E-state index contributed by atoms with van der Waals surface area (Å²) in [6.45, 7) is 1.84. The third-order valence-electron chi connectivity index (χ3n) is 4.26. The molecule has 1 N–H and O–H groups in total. The quantitative estimate of drug-likeness (QED) is 0.878. The minimum absolute atomic E-state index is 0.0314. The summed E-state index contributed by atoms with van der Waals surface area (Å²) in [4.78, 5) is 4.46. The minimum Gasteiger partial charge on any atom is -0.405 e. The Hall–Kier alpha value is -2.08. The summed E-state index contributed by atoms with van der Waals surface area (Å²) in [5, 5.41) is 3.41. The van der Waals surface area contributed by atoms with Crippen molar-refractivity contribution in [1.29, 1.82) is 0 Å². The van der Waals surface area contributed by atoms with Gasteiger partial charge in [-0.15, -0.1) is 13.2 Å². The molecular formula is C18H19F3N2O. The van der Waals surface area contributed by atoms with Crippen molar-refractivity contribution in [3.05, 3.63) is 59.4 Å². The smallest absolute Gasteiger partial charge is 0.405 e. The van der Waals surface area contributed by atoms with Crippen LogP contribution in [0.25, 0.3) is 0 Å². The van der Waals surface area contributed by atoms with Gasteiger partial charge in [0.2, 0.25) is 0 Å². The van der Waals surface area contributed by atoms with E-state index in [1.54, 1.807) is 18.3 Å². The third kappa shape index (κ3) is 3.87. The Labute approximate surface area is 138 Å². The average molecular weight is 336 g/mol. The predicted molar refractivity (Wildman–Crippen MR) is 84.6 cm³/mol. The van der Waals surface area contributed by atoms with E-state index in [2.05, 4.69) is 21.1 Å². The first-order valence-corrected chi connectivity index (χ1v) is 7.98. The Morgan fingerprint density at radius 1 is 1.21 bits per heavy atom. The molecule has 1 aliphatic carbocycles. The molecule has 0 saturated heterocycles. The first-order chi connectivity index (χ1) is 11.4. The monoisotopic (exact) mass is 336 g/mol. The van der Waals surface area contributed by atoms with Crippen LogP contribution in [0.3, 0.4) is 0 Å². The molecule has 0 radical (unpaired) electrons. The SMILES string of the molecule is CC(N[C@H]1CCCc2cccnc21)c1ccccc1OC(F)(F)F. The highest BCUT2D eigenvalue weighted by Gasteiger charge is 2.33. The minimum atomic E-state index is -4.70. The number of ether oxygens (including phenoxy) is 1. The van der Waals surface area contributed by atoms with Crippen LogP contribution < -0.4 is 10.1 Å². The largest absolute Gasteiger partial charge is 0.573 e. The molecule has 1 aromatic carbocycles. The van der Waals surface area contributed by atoms with Crippen LogP contribution in [0.15, 0.2) is 42.6 Å². The van der Waals surface area contributed by atoms with Gasteiger partial charge in [-0.25, -0.2) is 0 Å². The van der Waals surface area contributed by atoms with Crippen LogP contribution in [0.2, 0.25) is 0 Å². The Balaban J connectivity index is 1.80. The number of pyridine rings is 1. The maximum Gasteiger partial charge on any atom is 0.573 e. The maximum absolute atomic E-state index is 12.6. The lowest BCUT2D eigenvalue weighted by atomic mass is 9.91. The molecule has 1 aliphatic rings. The number of nitrogens with zero attached hydrogens (tertiary/aromatic N) is 1. The Morgan fingerprint density at radius 2 is 2.00 bits per heavy atom. The highest BCUT2D eigenvalue weighted by molar-refractivity contribution is 5.36. The molecule has 0 spiro atoms. The highest BCUT2D eigenvalue weighted by Crippen LogP contribution is 2.34. The molecule has 128 valence electrons. The Morgan fingerprint density at radius 3 is 2.79 bits per heavy atom. The summed E-state index contributed by atoms with van der Waals surface area (Å²) in [7, 11) is 0. The van der Waals surface area contributed by atoms with Crippen LogP contribution in [0, 0.1) is 0 Å². The van der Waals surface area contributed by atoms with E-state index in [-0.39, 0.29) is 17.8 Å². The summed E-state index contributed by atoms with van der Waals surface area (Å²) < 4.78 is 41.9. The lowest BCUT2D eigenvalue weighted by Crippen LogP contribution is -2.29. The van der Waals surface area contributed by atoms with E-state index in [0.717, 1.165) is 25.0 Å². The van der Waals surface area contributed by atoms with Crippen LogP contribution in [-0.4, -0.2) is 11.3 Å². The fourth-order valence-electron chi connectivity index (χ4n) is 3.22. The summed E-state index contributed by atoms with van der Waals surface area (Å²) in [5.41, 5.74) is 2.68. The van der Waals surface area contributed by atoms with E-state index in [9.17, 15) is 13.2 Å². The van der Waals surface area contributed by atoms with Crippen molar-refractivity contribution in [2.45, 2.75) is 44.6 Å². The molecule has 0 aliphatic heterocycles. The van der Waals surface area contributed by atoms with Crippen LogP contribution in [0.5, 0.6) is 5.75 Å². The summed E-state index contributed by atoms with van der Waals surface area (Å²) in [6.07, 6.45) is -0.0110. The van der Waals surface area contributed by atoms with Gasteiger partial charge in [0.25, 0.3) is 0 Å². The molecule has 0 bridgehead atoms. The van der Waals surface area contributed by atoms with Crippen molar-refractivity contribution in [3.8, 4) is 5.75 Å². The number of para-hydroxylation sites is 1. The summed E-state index contributed by atoms with van der Waals surface area (Å²) in [6, 6.07) is 9.96. The van der Waals surface area contributed by atoms with Gasteiger partial charge in [0, 0.05) is 17.8 Å². The number of fused-ring (bicyclic) bond motifs is 1. The number of benzene rings is 1. The molecule has 3 rings (SSSR count). The second-order valence-electron chi connectivity index (χ2n) is 5.97. The average Bonchev–Trinajstić information content (AvgIpc) is 2.54. The number of hydrogen-bond donors (Lipinski definition) is 1. The molecule has 3 nitrogen and oxygen atoms in total. The third-order valence-corrected chi connectivity index (χ3v) is 4.26. The molecular weight excluding hydrogens is 317 g/mol. The van der Waals surface area contributed by atoms with E-state index < -0.39 is 6.36 Å². The number of halogens is 3. The number of aryl methyl sites for hydroxylation is 1. The Kier molecular flexibility index (Phi) is 4.76. The number of hydrogen-bond acceptors (Lipinski definition) is 3. The Bertz CT molecular complexity index is 703. The van der Waals surface area contributed by atoms with Gasteiger partial charge in [0.15, 0.2) is 0 Å². The van der Waals surface area contributed by atoms with E-state index in [4.69, 9.17) is 0 Å². The zero-order valence-corrected chi connectivity index (χ0v) is 13.3. The van der Waals surface area contributed by atoms with Crippen molar-refractivity contribution in [2.75, 3.05) is 0 Å². The molecule has 0 saturated carbocycles. The van der Waals surface area contributed by atoms with Gasteiger partial charge in [-0.1, -0.05) is 24.3 Å². The second kappa shape index (κ2) is 6.81. The van der Waals surface area contributed by atoms with Crippen LogP contribution in [0.1, 0.15) is 48.7 Å². The van der Waals surface area contributed by atoms with E-state index in [1.165, 1.54) is 17.7 Å². The fraction of sp³-hybridized carbons (Fsp3) is 0.389. The van der Waals surface area contributed by atoms with Gasteiger partial charge < -0.3 is 10.1 Å². The van der Waals surface area contributed by atoms with Crippen LogP contribution in [-0.2, 0) is 6.42 Å². The number of rotatable bonds is 4. The van der Waals surface area contributed by atoms with Crippen LogP contribution in [0.4, 0.5) is 13.2 Å². The van der Waals surface area contributed by atoms with Crippen molar-refractivity contribution < 1.29 is 17.9 Å².